The predicted octanol–water partition coefficient (Wildman–Crippen LogP) is 4.30. The molecule has 0 saturated heterocycles. The van der Waals surface area contributed by atoms with Crippen LogP contribution in [0.15, 0.2) is 17.5 Å². The van der Waals surface area contributed by atoms with Crippen molar-refractivity contribution in [2.24, 2.45) is 0 Å². The fourth-order valence-corrected chi connectivity index (χ4v) is 3.08. The average Bonchev–Trinajstić information content (AvgIpc) is 2.83. The molecule has 23 heavy (non-hydrogen) atoms. The highest BCUT2D eigenvalue weighted by Gasteiger charge is 2.30. The number of thiophene rings is 1. The molecule has 0 fully saturated rings. The van der Waals surface area contributed by atoms with Crippen LogP contribution in [-0.4, -0.2) is 41.3 Å². The van der Waals surface area contributed by atoms with E-state index in [4.69, 9.17) is 4.74 Å². The highest BCUT2D eigenvalue weighted by atomic mass is 32.1. The first-order valence-electron chi connectivity index (χ1n) is 8.25. The lowest BCUT2D eigenvalue weighted by atomic mass is 10.1. The molecule has 1 amide bonds. The minimum Gasteiger partial charge on any atom is -0.444 e. The third kappa shape index (κ3) is 7.84. The second kappa shape index (κ2) is 8.15. The van der Waals surface area contributed by atoms with Crippen LogP contribution in [0.1, 0.15) is 53.3 Å². The quantitative estimate of drug-likeness (QED) is 0.839. The van der Waals surface area contributed by atoms with Gasteiger partial charge in [0, 0.05) is 29.5 Å². The van der Waals surface area contributed by atoms with Gasteiger partial charge in [-0.3, -0.25) is 0 Å². The molecular formula is C18H32N2O2S. The summed E-state index contributed by atoms with van der Waals surface area (Å²) in [4.78, 5) is 15.6. The van der Waals surface area contributed by atoms with E-state index < -0.39 is 5.60 Å². The number of carbonyl (C=O) groups is 1. The highest BCUT2D eigenvalue weighted by Crippen LogP contribution is 2.18. The maximum atomic E-state index is 12.4. The number of rotatable bonds is 6. The van der Waals surface area contributed by atoms with Gasteiger partial charge in [-0.1, -0.05) is 6.07 Å². The molecule has 0 radical (unpaired) electrons. The Balaban J connectivity index is 2.50. The molecule has 1 unspecified atom stereocenters. The van der Waals surface area contributed by atoms with Crippen LogP contribution in [0.25, 0.3) is 0 Å². The van der Waals surface area contributed by atoms with E-state index >= 15 is 0 Å². The maximum Gasteiger partial charge on any atom is 0.410 e. The summed E-state index contributed by atoms with van der Waals surface area (Å²) >= 11 is 1.78. The molecule has 0 spiro atoms. The smallest absolute Gasteiger partial charge is 0.410 e. The Morgan fingerprint density at radius 1 is 1.30 bits per heavy atom. The largest absolute Gasteiger partial charge is 0.444 e. The van der Waals surface area contributed by atoms with Gasteiger partial charge in [0.1, 0.15) is 5.60 Å². The highest BCUT2D eigenvalue weighted by molar-refractivity contribution is 7.09. The van der Waals surface area contributed by atoms with Crippen molar-refractivity contribution in [3.63, 3.8) is 0 Å². The molecule has 1 atom stereocenters. The van der Waals surface area contributed by atoms with Crippen LogP contribution in [0.4, 0.5) is 4.79 Å². The summed E-state index contributed by atoms with van der Waals surface area (Å²) in [5, 5.41) is 5.60. The summed E-state index contributed by atoms with van der Waals surface area (Å²) in [5.74, 6) is 0. The molecule has 0 bridgehead atoms. The van der Waals surface area contributed by atoms with Crippen LogP contribution < -0.4 is 5.32 Å². The van der Waals surface area contributed by atoms with E-state index in [9.17, 15) is 4.79 Å². The van der Waals surface area contributed by atoms with Gasteiger partial charge in [0.15, 0.2) is 0 Å². The van der Waals surface area contributed by atoms with E-state index in [1.54, 1.807) is 16.2 Å². The zero-order valence-corrected chi connectivity index (χ0v) is 16.4. The van der Waals surface area contributed by atoms with Crippen LogP contribution in [0.2, 0.25) is 0 Å². The lowest BCUT2D eigenvalue weighted by molar-refractivity contribution is 0.00649. The number of hydrogen-bond acceptors (Lipinski definition) is 4. The Labute approximate surface area is 145 Å². The zero-order chi connectivity index (χ0) is 17.7. The monoisotopic (exact) mass is 340 g/mol. The van der Waals surface area contributed by atoms with Crippen LogP contribution in [0.3, 0.4) is 0 Å². The van der Waals surface area contributed by atoms with Gasteiger partial charge in [-0.15, -0.1) is 11.3 Å². The second-order valence-corrected chi connectivity index (χ2v) is 8.97. The van der Waals surface area contributed by atoms with Crippen LogP contribution in [0.5, 0.6) is 0 Å². The van der Waals surface area contributed by atoms with Gasteiger partial charge in [0.05, 0.1) is 0 Å². The Morgan fingerprint density at radius 3 is 2.43 bits per heavy atom. The first kappa shape index (κ1) is 20.0. The number of amides is 1. The SMILES string of the molecule is CC(Cc1cccs1)NCCN(C(=O)OC(C)(C)C)C(C)(C)C. The van der Waals surface area contributed by atoms with Crippen LogP contribution in [-0.2, 0) is 11.2 Å². The fraction of sp³-hybridized carbons (Fsp3) is 0.722. The molecule has 0 aliphatic heterocycles. The summed E-state index contributed by atoms with van der Waals surface area (Å²) in [6.45, 7) is 15.3. The Hall–Kier alpha value is -1.07. The Morgan fingerprint density at radius 2 is 1.96 bits per heavy atom. The Kier molecular flexibility index (Phi) is 7.08. The first-order chi connectivity index (χ1) is 10.5. The van der Waals surface area contributed by atoms with E-state index in [0.717, 1.165) is 13.0 Å². The van der Waals surface area contributed by atoms with Gasteiger partial charge >= 0.3 is 6.09 Å². The third-order valence-corrected chi connectivity index (χ3v) is 4.24. The molecule has 1 aromatic rings. The number of nitrogens with zero attached hydrogens (tertiary/aromatic N) is 1. The fourth-order valence-electron chi connectivity index (χ4n) is 2.24. The van der Waals surface area contributed by atoms with Crippen molar-refractivity contribution in [1.82, 2.24) is 10.2 Å². The molecule has 1 rings (SSSR count). The van der Waals surface area contributed by atoms with Crippen molar-refractivity contribution in [1.29, 1.82) is 0 Å². The van der Waals surface area contributed by atoms with E-state index in [-0.39, 0.29) is 11.6 Å². The van der Waals surface area contributed by atoms with E-state index in [1.165, 1.54) is 4.88 Å². The van der Waals surface area contributed by atoms with Gasteiger partial charge in [-0.2, -0.15) is 0 Å². The lowest BCUT2D eigenvalue weighted by Crippen LogP contribution is -2.50. The Bertz CT molecular complexity index is 472. The molecule has 5 heteroatoms. The van der Waals surface area contributed by atoms with Crippen LogP contribution in [0, 0.1) is 0 Å². The summed E-state index contributed by atoms with van der Waals surface area (Å²) in [6, 6.07) is 4.62. The normalized spacial score (nSPS) is 13.7. The second-order valence-electron chi connectivity index (χ2n) is 7.94. The minimum atomic E-state index is -0.472. The number of ether oxygens (including phenoxy) is 1. The maximum absolute atomic E-state index is 12.4. The number of carbonyl (C=O) groups excluding carboxylic acids is 1. The van der Waals surface area contributed by atoms with Crippen molar-refractivity contribution in [2.45, 2.75) is 72.1 Å². The molecule has 0 aliphatic carbocycles. The molecule has 132 valence electrons. The standard InChI is InChI=1S/C18H32N2O2S/c1-14(13-15-9-8-12-23-15)19-10-11-20(17(2,3)4)16(21)22-18(5,6)7/h8-9,12,14,19H,10-11,13H2,1-7H3. The van der Waals surface area contributed by atoms with Gasteiger partial charge in [-0.05, 0) is 66.3 Å². The van der Waals surface area contributed by atoms with Gasteiger partial charge in [0.2, 0.25) is 0 Å². The number of hydrogen-bond donors (Lipinski definition) is 1. The van der Waals surface area contributed by atoms with E-state index in [2.05, 4.69) is 29.8 Å². The molecule has 0 saturated carbocycles. The minimum absolute atomic E-state index is 0.252. The summed E-state index contributed by atoms with van der Waals surface area (Å²) in [6.07, 6.45) is 0.761. The molecule has 1 N–H and O–H groups in total. The van der Waals surface area contributed by atoms with Gasteiger partial charge < -0.3 is 15.0 Å². The lowest BCUT2D eigenvalue weighted by Gasteiger charge is -2.37. The summed E-state index contributed by atoms with van der Waals surface area (Å²) in [5.41, 5.74) is -0.735. The summed E-state index contributed by atoms with van der Waals surface area (Å²) < 4.78 is 5.53. The first-order valence-corrected chi connectivity index (χ1v) is 9.13. The third-order valence-electron chi connectivity index (χ3n) is 3.34. The molecule has 1 aromatic heterocycles. The molecule has 0 aliphatic rings. The predicted molar refractivity (Wildman–Crippen MR) is 98.2 cm³/mol. The van der Waals surface area contributed by atoms with Crippen LogP contribution >= 0.6 is 11.3 Å². The van der Waals surface area contributed by atoms with Gasteiger partial charge in [-0.25, -0.2) is 4.79 Å². The van der Waals surface area contributed by atoms with Crippen molar-refractivity contribution in [3.05, 3.63) is 22.4 Å². The zero-order valence-electron chi connectivity index (χ0n) is 15.6. The number of nitrogens with one attached hydrogen (secondary N) is 1. The molecule has 1 heterocycles. The van der Waals surface area contributed by atoms with Crippen molar-refractivity contribution >= 4 is 17.4 Å². The topological polar surface area (TPSA) is 41.6 Å². The molecule has 4 nitrogen and oxygen atoms in total. The average molecular weight is 341 g/mol. The van der Waals surface area contributed by atoms with Crippen molar-refractivity contribution < 1.29 is 9.53 Å². The molecular weight excluding hydrogens is 308 g/mol. The molecule has 0 aromatic carbocycles. The van der Waals surface area contributed by atoms with Crippen molar-refractivity contribution in [3.8, 4) is 0 Å². The van der Waals surface area contributed by atoms with E-state index in [1.807, 2.05) is 41.5 Å². The van der Waals surface area contributed by atoms with Gasteiger partial charge in [0.25, 0.3) is 0 Å². The summed E-state index contributed by atoms with van der Waals surface area (Å²) in [7, 11) is 0. The van der Waals surface area contributed by atoms with Crippen molar-refractivity contribution in [2.75, 3.05) is 13.1 Å². The van der Waals surface area contributed by atoms with E-state index in [0.29, 0.717) is 12.6 Å².